The highest BCUT2D eigenvalue weighted by atomic mass is 16.5. The summed E-state index contributed by atoms with van der Waals surface area (Å²) in [5.74, 6) is 1.02. The molecule has 0 aromatic rings. The Morgan fingerprint density at radius 3 is 2.46 bits per heavy atom. The van der Waals surface area contributed by atoms with Gasteiger partial charge in [0.25, 0.3) is 0 Å². The van der Waals surface area contributed by atoms with E-state index in [0.29, 0.717) is 0 Å². The third-order valence-corrected chi connectivity index (χ3v) is 5.82. The number of likely N-dealkylation sites (tertiary alicyclic amines) is 2. The monoisotopic (exact) mass is 338 g/mol. The molecule has 0 aromatic carbocycles. The lowest BCUT2D eigenvalue weighted by Crippen LogP contribution is -2.54. The van der Waals surface area contributed by atoms with Gasteiger partial charge in [0, 0.05) is 38.4 Å². The number of hydrogen-bond donors (Lipinski definition) is 2. The standard InChI is InChI=1S/C18H34N4O2/c1-2-19-17(21-11-5-16(23)6-12-21)20-15-18(7-13-24-14-8-18)22-9-3-4-10-22/h16,23H,2-15H2,1H3,(H,19,20). The number of piperidine rings is 1. The summed E-state index contributed by atoms with van der Waals surface area (Å²) in [6.45, 7) is 9.80. The van der Waals surface area contributed by atoms with Gasteiger partial charge in [-0.3, -0.25) is 9.89 Å². The fourth-order valence-corrected chi connectivity index (χ4v) is 4.24. The second-order valence-electron chi connectivity index (χ2n) is 7.42. The van der Waals surface area contributed by atoms with Crippen LogP contribution in [0.15, 0.2) is 4.99 Å². The van der Waals surface area contributed by atoms with E-state index in [0.717, 1.165) is 71.0 Å². The van der Waals surface area contributed by atoms with Crippen LogP contribution in [0.4, 0.5) is 0 Å². The van der Waals surface area contributed by atoms with Gasteiger partial charge in [0.15, 0.2) is 5.96 Å². The van der Waals surface area contributed by atoms with Crippen LogP contribution in [0.25, 0.3) is 0 Å². The summed E-state index contributed by atoms with van der Waals surface area (Å²) in [4.78, 5) is 10.0. The molecule has 0 aliphatic carbocycles. The molecule has 0 bridgehead atoms. The zero-order valence-electron chi connectivity index (χ0n) is 15.2. The summed E-state index contributed by atoms with van der Waals surface area (Å²) in [6, 6.07) is 0. The molecular formula is C18H34N4O2. The Morgan fingerprint density at radius 2 is 1.83 bits per heavy atom. The van der Waals surface area contributed by atoms with Crippen molar-refractivity contribution in [3.05, 3.63) is 0 Å². The molecule has 24 heavy (non-hydrogen) atoms. The van der Waals surface area contributed by atoms with Crippen LogP contribution in [0, 0.1) is 0 Å². The summed E-state index contributed by atoms with van der Waals surface area (Å²) in [6.07, 6.45) is 6.36. The van der Waals surface area contributed by atoms with Crippen molar-refractivity contribution in [2.45, 2.75) is 57.1 Å². The summed E-state index contributed by atoms with van der Waals surface area (Å²) < 4.78 is 5.64. The van der Waals surface area contributed by atoms with Crippen LogP contribution in [0.5, 0.6) is 0 Å². The van der Waals surface area contributed by atoms with Crippen molar-refractivity contribution in [2.75, 3.05) is 52.5 Å². The zero-order valence-corrected chi connectivity index (χ0v) is 15.2. The number of rotatable bonds is 4. The first-order valence-corrected chi connectivity index (χ1v) is 9.78. The van der Waals surface area contributed by atoms with Crippen molar-refractivity contribution in [2.24, 2.45) is 4.99 Å². The Hall–Kier alpha value is -0.850. The first-order chi connectivity index (χ1) is 11.7. The predicted octanol–water partition coefficient (Wildman–Crippen LogP) is 1.05. The molecule has 0 radical (unpaired) electrons. The van der Waals surface area contributed by atoms with Gasteiger partial charge in [0.1, 0.15) is 0 Å². The molecule has 3 fully saturated rings. The SMILES string of the molecule is CCNC(=NCC1(N2CCCC2)CCOCC1)N1CCC(O)CC1. The fraction of sp³-hybridized carbons (Fsp3) is 0.944. The number of nitrogens with zero attached hydrogens (tertiary/aromatic N) is 3. The van der Waals surface area contributed by atoms with Gasteiger partial charge in [-0.15, -0.1) is 0 Å². The van der Waals surface area contributed by atoms with E-state index in [4.69, 9.17) is 9.73 Å². The molecule has 2 N–H and O–H groups in total. The normalized spacial score (nSPS) is 26.8. The van der Waals surface area contributed by atoms with Crippen LogP contribution in [0.2, 0.25) is 0 Å². The van der Waals surface area contributed by atoms with Gasteiger partial charge >= 0.3 is 0 Å². The Balaban J connectivity index is 1.70. The minimum absolute atomic E-state index is 0.143. The van der Waals surface area contributed by atoms with Gasteiger partial charge < -0.3 is 20.1 Å². The maximum Gasteiger partial charge on any atom is 0.193 e. The van der Waals surface area contributed by atoms with Crippen LogP contribution in [-0.4, -0.2) is 85.0 Å². The lowest BCUT2D eigenvalue weighted by atomic mass is 9.88. The molecule has 3 saturated heterocycles. The number of hydrogen-bond acceptors (Lipinski definition) is 4. The molecule has 3 aliphatic heterocycles. The van der Waals surface area contributed by atoms with Gasteiger partial charge in [0.05, 0.1) is 12.6 Å². The lowest BCUT2D eigenvalue weighted by molar-refractivity contribution is -0.0140. The van der Waals surface area contributed by atoms with E-state index in [1.165, 1.54) is 25.9 Å². The van der Waals surface area contributed by atoms with Gasteiger partial charge in [0.2, 0.25) is 0 Å². The topological polar surface area (TPSA) is 60.3 Å². The minimum Gasteiger partial charge on any atom is -0.393 e. The van der Waals surface area contributed by atoms with Gasteiger partial charge in [-0.25, -0.2) is 0 Å². The molecule has 0 unspecified atom stereocenters. The molecule has 0 aromatic heterocycles. The smallest absolute Gasteiger partial charge is 0.193 e. The van der Waals surface area contributed by atoms with Crippen LogP contribution in [0.1, 0.15) is 45.4 Å². The molecule has 6 nitrogen and oxygen atoms in total. The molecule has 0 atom stereocenters. The van der Waals surface area contributed by atoms with Crippen molar-refractivity contribution < 1.29 is 9.84 Å². The Labute approximate surface area is 146 Å². The maximum atomic E-state index is 9.75. The van der Waals surface area contributed by atoms with Gasteiger partial charge in [-0.1, -0.05) is 0 Å². The average molecular weight is 338 g/mol. The molecule has 3 aliphatic rings. The number of aliphatic imine (C=N–C) groups is 1. The highest BCUT2D eigenvalue weighted by molar-refractivity contribution is 5.80. The Morgan fingerprint density at radius 1 is 1.17 bits per heavy atom. The molecular weight excluding hydrogens is 304 g/mol. The Bertz CT molecular complexity index is 409. The highest BCUT2D eigenvalue weighted by Gasteiger charge is 2.39. The number of guanidine groups is 1. The third kappa shape index (κ3) is 4.21. The highest BCUT2D eigenvalue weighted by Crippen LogP contribution is 2.31. The van der Waals surface area contributed by atoms with Gasteiger partial charge in [-0.2, -0.15) is 0 Å². The Kier molecular flexibility index (Phi) is 6.36. The molecule has 0 spiro atoms. The molecule has 3 rings (SSSR count). The van der Waals surface area contributed by atoms with E-state index >= 15 is 0 Å². The minimum atomic E-state index is -0.143. The fourth-order valence-electron chi connectivity index (χ4n) is 4.24. The van der Waals surface area contributed by atoms with E-state index in [-0.39, 0.29) is 11.6 Å². The molecule has 6 heteroatoms. The average Bonchev–Trinajstić information content (AvgIpc) is 3.16. The van der Waals surface area contributed by atoms with Gasteiger partial charge in [-0.05, 0) is 58.5 Å². The van der Waals surface area contributed by atoms with Crippen LogP contribution in [0.3, 0.4) is 0 Å². The lowest BCUT2D eigenvalue weighted by Gasteiger charge is -2.44. The van der Waals surface area contributed by atoms with Crippen molar-refractivity contribution in [1.29, 1.82) is 0 Å². The first kappa shape index (κ1) is 18.0. The van der Waals surface area contributed by atoms with E-state index in [1.807, 2.05) is 0 Å². The molecule has 0 amide bonds. The van der Waals surface area contributed by atoms with E-state index in [2.05, 4.69) is 22.0 Å². The van der Waals surface area contributed by atoms with Crippen molar-refractivity contribution in [3.63, 3.8) is 0 Å². The predicted molar refractivity (Wildman–Crippen MR) is 96.4 cm³/mol. The summed E-state index contributed by atoms with van der Waals surface area (Å²) in [5.41, 5.74) is 0.185. The van der Waals surface area contributed by atoms with Crippen LogP contribution < -0.4 is 5.32 Å². The van der Waals surface area contributed by atoms with E-state index in [1.54, 1.807) is 0 Å². The zero-order chi connectivity index (χ0) is 16.8. The summed E-state index contributed by atoms with van der Waals surface area (Å²) >= 11 is 0. The van der Waals surface area contributed by atoms with Crippen molar-refractivity contribution >= 4 is 5.96 Å². The van der Waals surface area contributed by atoms with Crippen LogP contribution >= 0.6 is 0 Å². The van der Waals surface area contributed by atoms with Crippen molar-refractivity contribution in [1.82, 2.24) is 15.1 Å². The molecule has 3 heterocycles. The number of nitrogens with one attached hydrogen (secondary N) is 1. The first-order valence-electron chi connectivity index (χ1n) is 9.78. The third-order valence-electron chi connectivity index (χ3n) is 5.82. The number of aliphatic hydroxyl groups excluding tert-OH is 1. The summed E-state index contributed by atoms with van der Waals surface area (Å²) in [7, 11) is 0. The quantitative estimate of drug-likeness (QED) is 0.593. The summed E-state index contributed by atoms with van der Waals surface area (Å²) in [5, 5.41) is 13.2. The number of ether oxygens (including phenoxy) is 1. The number of aliphatic hydroxyl groups is 1. The largest absolute Gasteiger partial charge is 0.393 e. The molecule has 138 valence electrons. The maximum absolute atomic E-state index is 9.75. The second kappa shape index (κ2) is 8.50. The second-order valence-corrected chi connectivity index (χ2v) is 7.42. The van der Waals surface area contributed by atoms with Crippen molar-refractivity contribution in [3.8, 4) is 0 Å². The molecule has 0 saturated carbocycles. The van der Waals surface area contributed by atoms with E-state index in [9.17, 15) is 5.11 Å². The van der Waals surface area contributed by atoms with E-state index < -0.39 is 0 Å². The van der Waals surface area contributed by atoms with Crippen LogP contribution in [-0.2, 0) is 4.74 Å².